The Balaban J connectivity index is 1.17. The van der Waals surface area contributed by atoms with Crippen molar-refractivity contribution >= 4 is 23.4 Å². The van der Waals surface area contributed by atoms with Gasteiger partial charge in [0.15, 0.2) is 17.3 Å². The number of nitrogens with zero attached hydrogens (tertiary/aromatic N) is 5. The third-order valence-electron chi connectivity index (χ3n) is 7.17. The third kappa shape index (κ3) is 5.83. The maximum absolute atomic E-state index is 12.7. The van der Waals surface area contributed by atoms with Crippen molar-refractivity contribution in [2.24, 2.45) is 5.92 Å². The second kappa shape index (κ2) is 11.0. The van der Waals surface area contributed by atoms with E-state index in [4.69, 9.17) is 9.72 Å². The van der Waals surface area contributed by atoms with Crippen LogP contribution in [0.15, 0.2) is 79.3 Å². The quantitative estimate of drug-likeness (QED) is 0.252. The van der Waals surface area contributed by atoms with Crippen molar-refractivity contribution in [3.8, 4) is 17.5 Å². The van der Waals surface area contributed by atoms with Gasteiger partial charge in [0.05, 0.1) is 17.8 Å². The van der Waals surface area contributed by atoms with E-state index in [1.54, 1.807) is 24.7 Å². The van der Waals surface area contributed by atoms with E-state index in [2.05, 4.69) is 37.0 Å². The van der Waals surface area contributed by atoms with Crippen LogP contribution in [0.2, 0.25) is 0 Å². The van der Waals surface area contributed by atoms with Gasteiger partial charge in [-0.2, -0.15) is 5.26 Å². The molecule has 2 aromatic carbocycles. The zero-order chi connectivity index (χ0) is 27.4. The number of hydrogen-bond acceptors (Lipinski definition) is 9. The molecule has 40 heavy (non-hydrogen) atoms. The number of alkyl carbamates (subject to hydrolysis) is 1. The lowest BCUT2D eigenvalue weighted by molar-refractivity contribution is 0.132. The summed E-state index contributed by atoms with van der Waals surface area (Å²) in [5.74, 6) is 1.89. The number of benzene rings is 2. The third-order valence-corrected chi connectivity index (χ3v) is 7.17. The fourth-order valence-corrected chi connectivity index (χ4v) is 4.86. The fraction of sp³-hybridized carbons (Fsp3) is 0.267. The summed E-state index contributed by atoms with van der Waals surface area (Å²) in [7, 11) is 0. The summed E-state index contributed by atoms with van der Waals surface area (Å²) in [6.45, 7) is 0.220. The molecule has 0 aliphatic heterocycles. The van der Waals surface area contributed by atoms with E-state index in [0.717, 1.165) is 42.5 Å². The summed E-state index contributed by atoms with van der Waals surface area (Å²) in [5, 5.41) is 19.6. The van der Waals surface area contributed by atoms with Gasteiger partial charge >= 0.3 is 6.09 Å². The van der Waals surface area contributed by atoms with Gasteiger partial charge in [-0.3, -0.25) is 0 Å². The molecule has 2 heterocycles. The average molecular weight is 533 g/mol. The normalized spacial score (nSPS) is 15.8. The molecule has 4 aromatic rings. The van der Waals surface area contributed by atoms with Crippen LogP contribution < -0.4 is 16.0 Å². The summed E-state index contributed by atoms with van der Waals surface area (Å²) in [5.41, 5.74) is 2.28. The number of carbonyl (C=O) groups excluding carboxylic acids is 1. The van der Waals surface area contributed by atoms with Crippen molar-refractivity contribution in [3.05, 3.63) is 90.5 Å². The van der Waals surface area contributed by atoms with Crippen LogP contribution in [0.4, 0.5) is 22.1 Å². The molecular formula is C30H28N8O2. The summed E-state index contributed by atoms with van der Waals surface area (Å²) in [6.07, 6.45) is 8.37. The Kier molecular flexibility index (Phi) is 6.93. The van der Waals surface area contributed by atoms with E-state index in [1.165, 1.54) is 0 Å². The predicted molar refractivity (Wildman–Crippen MR) is 149 cm³/mol. The molecule has 0 spiro atoms. The second-order valence-electron chi connectivity index (χ2n) is 10.1. The molecule has 2 saturated carbocycles. The van der Waals surface area contributed by atoms with Gasteiger partial charge in [-0.1, -0.05) is 42.5 Å². The van der Waals surface area contributed by atoms with Gasteiger partial charge < -0.3 is 20.7 Å². The van der Waals surface area contributed by atoms with Gasteiger partial charge in [0.2, 0.25) is 0 Å². The van der Waals surface area contributed by atoms with Crippen LogP contribution >= 0.6 is 0 Å². The highest BCUT2D eigenvalue weighted by atomic mass is 16.5. The lowest BCUT2D eigenvalue weighted by atomic mass is 10.0. The van der Waals surface area contributed by atoms with Crippen molar-refractivity contribution in [2.75, 3.05) is 10.6 Å². The maximum Gasteiger partial charge on any atom is 0.407 e. The standard InChI is InChI=1S/C30H28N8O2/c31-17-24-28(35-23-9-4-8-22(16-23)27-32-14-5-15-33-27)37-25(18-34-24)36-26(21-10-11-21)30(12-13-30)38-29(39)40-19-20-6-2-1-3-7-20/h1-9,14-16,18,21,26H,10-13,19H2,(H,38,39)(H2,35,36,37)/t26-/m1/s1. The van der Waals surface area contributed by atoms with E-state index >= 15 is 0 Å². The van der Waals surface area contributed by atoms with Crippen molar-refractivity contribution in [1.82, 2.24) is 25.3 Å². The minimum Gasteiger partial charge on any atom is -0.445 e. The zero-order valence-electron chi connectivity index (χ0n) is 21.7. The molecule has 2 aliphatic carbocycles. The Hall–Kier alpha value is -5.04. The number of amides is 1. The molecule has 2 fully saturated rings. The molecular weight excluding hydrogens is 504 g/mol. The number of anilines is 3. The van der Waals surface area contributed by atoms with Crippen LogP contribution in [0.25, 0.3) is 11.4 Å². The molecule has 0 bridgehead atoms. The molecule has 0 radical (unpaired) electrons. The summed E-state index contributed by atoms with van der Waals surface area (Å²) in [4.78, 5) is 30.4. The first-order chi connectivity index (χ1) is 19.6. The number of rotatable bonds is 10. The minimum atomic E-state index is -0.427. The van der Waals surface area contributed by atoms with E-state index in [0.29, 0.717) is 23.4 Å². The van der Waals surface area contributed by atoms with Gasteiger partial charge in [-0.05, 0) is 55.4 Å². The van der Waals surface area contributed by atoms with Gasteiger partial charge in [-0.25, -0.2) is 24.7 Å². The van der Waals surface area contributed by atoms with Crippen molar-refractivity contribution in [3.63, 3.8) is 0 Å². The fourth-order valence-electron chi connectivity index (χ4n) is 4.86. The molecule has 200 valence electrons. The molecule has 1 atom stereocenters. The topological polar surface area (TPSA) is 138 Å². The first-order valence-corrected chi connectivity index (χ1v) is 13.3. The molecule has 6 rings (SSSR count). The SMILES string of the molecule is N#Cc1ncc(N[C@H](C2CC2)C2(NC(=O)OCc3ccccc3)CC2)nc1Nc1cccc(-c2ncccn2)c1. The van der Waals surface area contributed by atoms with Crippen molar-refractivity contribution < 1.29 is 9.53 Å². The molecule has 2 aromatic heterocycles. The summed E-state index contributed by atoms with van der Waals surface area (Å²) in [6, 6.07) is 21.1. The van der Waals surface area contributed by atoms with Crippen LogP contribution in [0.1, 0.15) is 36.9 Å². The maximum atomic E-state index is 12.7. The number of nitrogens with one attached hydrogen (secondary N) is 3. The van der Waals surface area contributed by atoms with Crippen LogP contribution in [0, 0.1) is 17.2 Å². The summed E-state index contributed by atoms with van der Waals surface area (Å²) < 4.78 is 5.50. The first kappa shape index (κ1) is 25.2. The van der Waals surface area contributed by atoms with E-state index in [9.17, 15) is 10.1 Å². The smallest absolute Gasteiger partial charge is 0.407 e. The monoisotopic (exact) mass is 532 g/mol. The highest BCUT2D eigenvalue weighted by Crippen LogP contribution is 2.49. The highest BCUT2D eigenvalue weighted by Gasteiger charge is 2.56. The van der Waals surface area contributed by atoms with Gasteiger partial charge in [-0.15, -0.1) is 0 Å². The molecule has 0 unspecified atom stereocenters. The highest BCUT2D eigenvalue weighted by molar-refractivity contribution is 5.70. The van der Waals surface area contributed by atoms with E-state index in [1.807, 2.05) is 54.6 Å². The van der Waals surface area contributed by atoms with Crippen LogP contribution in [-0.2, 0) is 11.3 Å². The number of aromatic nitrogens is 4. The zero-order valence-corrected chi connectivity index (χ0v) is 21.7. The molecule has 2 aliphatic rings. The first-order valence-electron chi connectivity index (χ1n) is 13.3. The van der Waals surface area contributed by atoms with Crippen molar-refractivity contribution in [1.29, 1.82) is 5.26 Å². The Morgan fingerprint density at radius 2 is 1.85 bits per heavy atom. The lowest BCUT2D eigenvalue weighted by Gasteiger charge is -2.29. The number of hydrogen-bond donors (Lipinski definition) is 3. The lowest BCUT2D eigenvalue weighted by Crippen LogP contribution is -2.50. The minimum absolute atomic E-state index is 0.0228. The van der Waals surface area contributed by atoms with Crippen LogP contribution in [-0.4, -0.2) is 37.6 Å². The van der Waals surface area contributed by atoms with E-state index in [-0.39, 0.29) is 18.3 Å². The predicted octanol–water partition coefficient (Wildman–Crippen LogP) is 5.20. The second-order valence-corrected chi connectivity index (χ2v) is 10.1. The Labute approximate surface area is 231 Å². The van der Waals surface area contributed by atoms with Crippen LogP contribution in [0.5, 0.6) is 0 Å². The van der Waals surface area contributed by atoms with E-state index < -0.39 is 11.6 Å². The van der Waals surface area contributed by atoms with Crippen LogP contribution in [0.3, 0.4) is 0 Å². The van der Waals surface area contributed by atoms with Gasteiger partial charge in [0.25, 0.3) is 0 Å². The average Bonchev–Trinajstić information content (AvgIpc) is 3.93. The molecule has 10 heteroatoms. The molecule has 1 amide bonds. The Morgan fingerprint density at radius 3 is 2.58 bits per heavy atom. The number of carbonyl (C=O) groups is 1. The number of nitriles is 1. The largest absolute Gasteiger partial charge is 0.445 e. The Bertz CT molecular complexity index is 1530. The van der Waals surface area contributed by atoms with Crippen molar-refractivity contribution in [2.45, 2.75) is 43.9 Å². The Morgan fingerprint density at radius 1 is 1.05 bits per heavy atom. The summed E-state index contributed by atoms with van der Waals surface area (Å²) >= 11 is 0. The molecule has 0 saturated heterocycles. The van der Waals surface area contributed by atoms with Gasteiger partial charge in [0, 0.05) is 23.6 Å². The molecule has 10 nitrogen and oxygen atoms in total. The van der Waals surface area contributed by atoms with Gasteiger partial charge in [0.1, 0.15) is 18.5 Å². The molecule has 3 N–H and O–H groups in total. The number of ether oxygens (including phenoxy) is 1.